The number of aryl methyl sites for hydroxylation is 1. The number of aromatic nitrogens is 2. The molecule has 0 radical (unpaired) electrons. The Morgan fingerprint density at radius 1 is 1.23 bits per heavy atom. The van der Waals surface area contributed by atoms with E-state index in [1.54, 1.807) is 35.8 Å². The van der Waals surface area contributed by atoms with Crippen LogP contribution in [0.1, 0.15) is 48.4 Å². The summed E-state index contributed by atoms with van der Waals surface area (Å²) in [5.41, 5.74) is 8.25. The van der Waals surface area contributed by atoms with Gasteiger partial charge in [0.15, 0.2) is 0 Å². The minimum Gasteiger partial charge on any atom is -0.508 e. The van der Waals surface area contributed by atoms with Gasteiger partial charge in [0.2, 0.25) is 5.60 Å². The minimum atomic E-state index is -1.71. The standard InChI is InChI=1S/C29H35N3O6Si/c1-5-29(38-25(34)7-6-11-30)22-14-24-26-20(15-32(24)27(35)21(22)16-37-28(29)36)18(10-12-39(2,3)4)19-13-17(33)8-9-23(19)31-26/h8-9,13-14,33H,5-7,10-12,15-16,30H2,1-4H3/t29-/m0/s1. The fraction of sp³-hybridized carbons (Fsp3) is 0.448. The van der Waals surface area contributed by atoms with Gasteiger partial charge < -0.3 is 24.9 Å². The van der Waals surface area contributed by atoms with Gasteiger partial charge in [0.25, 0.3) is 5.56 Å². The number of carbonyl (C=O) groups is 2. The summed E-state index contributed by atoms with van der Waals surface area (Å²) < 4.78 is 12.9. The van der Waals surface area contributed by atoms with Gasteiger partial charge in [-0.3, -0.25) is 9.59 Å². The van der Waals surface area contributed by atoms with E-state index in [4.69, 9.17) is 20.2 Å². The van der Waals surface area contributed by atoms with Crippen LogP contribution in [0.25, 0.3) is 22.3 Å². The van der Waals surface area contributed by atoms with Crippen LogP contribution in [-0.4, -0.2) is 41.2 Å². The Kier molecular flexibility index (Phi) is 6.88. The van der Waals surface area contributed by atoms with E-state index in [-0.39, 0.29) is 30.8 Å². The van der Waals surface area contributed by atoms with Crippen LogP contribution in [0.3, 0.4) is 0 Å². The molecule has 2 aromatic heterocycles. The van der Waals surface area contributed by atoms with Gasteiger partial charge in [-0.1, -0.05) is 32.6 Å². The number of fused-ring (bicyclic) bond motifs is 5. The molecule has 0 fully saturated rings. The van der Waals surface area contributed by atoms with Crippen molar-refractivity contribution in [2.24, 2.45) is 5.73 Å². The second kappa shape index (κ2) is 9.91. The van der Waals surface area contributed by atoms with Crippen LogP contribution in [0.15, 0.2) is 29.1 Å². The van der Waals surface area contributed by atoms with Crippen molar-refractivity contribution >= 4 is 30.9 Å². The van der Waals surface area contributed by atoms with Gasteiger partial charge in [-0.25, -0.2) is 9.78 Å². The molecule has 9 nitrogen and oxygen atoms in total. The van der Waals surface area contributed by atoms with Crippen LogP contribution in [0.2, 0.25) is 25.7 Å². The van der Waals surface area contributed by atoms with Gasteiger partial charge in [0, 0.05) is 31.0 Å². The average Bonchev–Trinajstić information content (AvgIpc) is 3.25. The molecule has 0 aliphatic carbocycles. The Balaban J connectivity index is 1.71. The van der Waals surface area contributed by atoms with Gasteiger partial charge >= 0.3 is 11.9 Å². The number of ether oxygens (including phenoxy) is 2. The van der Waals surface area contributed by atoms with Gasteiger partial charge in [0.05, 0.1) is 29.0 Å². The summed E-state index contributed by atoms with van der Waals surface area (Å²) in [4.78, 5) is 44.6. The summed E-state index contributed by atoms with van der Waals surface area (Å²) in [5, 5.41) is 11.1. The fourth-order valence-electron chi connectivity index (χ4n) is 5.58. The van der Waals surface area contributed by atoms with Gasteiger partial charge in [-0.05, 0) is 55.6 Å². The van der Waals surface area contributed by atoms with E-state index in [1.165, 1.54) is 0 Å². The van der Waals surface area contributed by atoms with E-state index in [1.807, 2.05) is 0 Å². The quantitative estimate of drug-likeness (QED) is 0.249. The third-order valence-corrected chi connectivity index (χ3v) is 9.51. The van der Waals surface area contributed by atoms with Crippen molar-refractivity contribution in [1.82, 2.24) is 9.55 Å². The molecule has 5 rings (SSSR count). The summed E-state index contributed by atoms with van der Waals surface area (Å²) in [7, 11) is -1.40. The predicted octanol–water partition coefficient (Wildman–Crippen LogP) is 3.96. The zero-order valence-corrected chi connectivity index (χ0v) is 23.9. The molecule has 2 aliphatic rings. The first-order chi connectivity index (χ1) is 18.5. The lowest BCUT2D eigenvalue weighted by Crippen LogP contribution is -2.47. The molecule has 10 heteroatoms. The highest BCUT2D eigenvalue weighted by Crippen LogP contribution is 2.42. The SMILES string of the molecule is CC[C@@]1(OC(=O)CCCN)C(=O)OCc2c1cc1n(c2=O)Cc2c-1nc1ccc(O)cc1c2CC[Si](C)(C)C. The Labute approximate surface area is 228 Å². The summed E-state index contributed by atoms with van der Waals surface area (Å²) in [6, 6.07) is 7.96. The molecule has 2 aliphatic heterocycles. The maximum absolute atomic E-state index is 13.9. The van der Waals surface area contributed by atoms with Crippen molar-refractivity contribution in [3.05, 3.63) is 56.9 Å². The number of esters is 2. The Morgan fingerprint density at radius 3 is 2.69 bits per heavy atom. The number of phenolic OH excluding ortho intramolecular Hbond substituents is 1. The maximum Gasteiger partial charge on any atom is 0.355 e. The minimum absolute atomic E-state index is 0.0639. The second-order valence-corrected chi connectivity index (χ2v) is 17.2. The average molecular weight is 550 g/mol. The molecule has 39 heavy (non-hydrogen) atoms. The highest BCUT2D eigenvalue weighted by atomic mass is 28.3. The monoisotopic (exact) mass is 549 g/mol. The van der Waals surface area contributed by atoms with Crippen LogP contribution in [0.4, 0.5) is 0 Å². The van der Waals surface area contributed by atoms with Crippen LogP contribution >= 0.6 is 0 Å². The van der Waals surface area contributed by atoms with E-state index >= 15 is 0 Å². The first kappa shape index (κ1) is 27.1. The number of nitrogens with two attached hydrogens (primary N) is 1. The molecule has 3 aromatic rings. The zero-order chi connectivity index (χ0) is 28.1. The zero-order valence-electron chi connectivity index (χ0n) is 22.9. The lowest BCUT2D eigenvalue weighted by Gasteiger charge is -2.35. The molecule has 4 heterocycles. The number of pyridine rings is 2. The normalized spacial score (nSPS) is 17.9. The highest BCUT2D eigenvalue weighted by molar-refractivity contribution is 6.76. The van der Waals surface area contributed by atoms with Crippen molar-refractivity contribution in [2.45, 2.75) is 77.0 Å². The number of benzene rings is 1. The molecular formula is C29H35N3O6Si. The van der Waals surface area contributed by atoms with Crippen LogP contribution < -0.4 is 11.3 Å². The molecule has 0 unspecified atom stereocenters. The second-order valence-electron chi connectivity index (χ2n) is 11.6. The van der Waals surface area contributed by atoms with Crippen molar-refractivity contribution in [1.29, 1.82) is 0 Å². The number of cyclic esters (lactones) is 1. The summed E-state index contributed by atoms with van der Waals surface area (Å²) in [5.74, 6) is -1.08. The summed E-state index contributed by atoms with van der Waals surface area (Å²) >= 11 is 0. The maximum atomic E-state index is 13.9. The van der Waals surface area contributed by atoms with E-state index in [9.17, 15) is 19.5 Å². The molecule has 0 amide bonds. The van der Waals surface area contributed by atoms with Gasteiger partial charge in [-0.15, -0.1) is 0 Å². The largest absolute Gasteiger partial charge is 0.508 e. The Bertz CT molecular complexity index is 1560. The number of hydrogen-bond donors (Lipinski definition) is 2. The van der Waals surface area contributed by atoms with Crippen LogP contribution in [0, 0.1) is 0 Å². The Hall–Kier alpha value is -3.50. The molecule has 1 atom stereocenters. The van der Waals surface area contributed by atoms with Gasteiger partial charge in [-0.2, -0.15) is 0 Å². The molecule has 3 N–H and O–H groups in total. The highest BCUT2D eigenvalue weighted by Gasteiger charge is 2.50. The number of phenols is 1. The third-order valence-electron chi connectivity index (χ3n) is 7.76. The lowest BCUT2D eigenvalue weighted by atomic mass is 9.85. The first-order valence-corrected chi connectivity index (χ1v) is 17.2. The number of rotatable bonds is 8. The van der Waals surface area contributed by atoms with E-state index < -0.39 is 25.6 Å². The van der Waals surface area contributed by atoms with Crippen molar-refractivity contribution < 1.29 is 24.2 Å². The molecular weight excluding hydrogens is 514 g/mol. The molecule has 0 bridgehead atoms. The predicted molar refractivity (Wildman–Crippen MR) is 150 cm³/mol. The molecule has 1 aromatic carbocycles. The molecule has 0 spiro atoms. The van der Waals surface area contributed by atoms with Gasteiger partial charge in [0.1, 0.15) is 12.4 Å². The lowest BCUT2D eigenvalue weighted by molar-refractivity contribution is -0.189. The van der Waals surface area contributed by atoms with E-state index in [2.05, 4.69) is 19.6 Å². The molecule has 206 valence electrons. The Morgan fingerprint density at radius 2 is 2.00 bits per heavy atom. The number of carbonyl (C=O) groups excluding carboxylic acids is 2. The van der Waals surface area contributed by atoms with E-state index in [0.717, 1.165) is 34.5 Å². The number of hydrogen-bond acceptors (Lipinski definition) is 8. The molecule has 0 saturated carbocycles. The molecule has 0 saturated heterocycles. The first-order valence-electron chi connectivity index (χ1n) is 13.5. The van der Waals surface area contributed by atoms with Crippen LogP contribution in [0.5, 0.6) is 5.75 Å². The smallest absolute Gasteiger partial charge is 0.355 e. The number of nitrogens with zero attached hydrogens (tertiary/aromatic N) is 2. The third kappa shape index (κ3) is 4.65. The van der Waals surface area contributed by atoms with Crippen molar-refractivity contribution in [2.75, 3.05) is 6.54 Å². The fourth-order valence-corrected chi connectivity index (χ4v) is 6.58. The number of aromatic hydroxyl groups is 1. The topological polar surface area (TPSA) is 134 Å². The van der Waals surface area contributed by atoms with Crippen molar-refractivity contribution in [3.63, 3.8) is 0 Å². The van der Waals surface area contributed by atoms with Crippen LogP contribution in [-0.2, 0) is 44.2 Å². The van der Waals surface area contributed by atoms with E-state index in [0.29, 0.717) is 42.0 Å². The summed E-state index contributed by atoms with van der Waals surface area (Å²) in [6.45, 7) is 9.15. The van der Waals surface area contributed by atoms with Crippen molar-refractivity contribution in [3.8, 4) is 17.1 Å². The summed E-state index contributed by atoms with van der Waals surface area (Å²) in [6.07, 6.45) is 1.42.